The maximum absolute atomic E-state index is 12.2. The first-order valence-electron chi connectivity index (χ1n) is 8.14. The van der Waals surface area contributed by atoms with Crippen LogP contribution in [-0.4, -0.2) is 41.5 Å². The normalized spacial score (nSPS) is 24.4. The lowest BCUT2D eigenvalue weighted by Crippen LogP contribution is -2.53. The average Bonchev–Trinajstić information content (AvgIpc) is 3.19. The molecule has 5 heteroatoms. The van der Waals surface area contributed by atoms with Crippen molar-refractivity contribution >= 4 is 11.9 Å². The topological polar surface area (TPSA) is 61.4 Å². The number of likely N-dealkylation sites (tertiary alicyclic amines) is 1. The number of urea groups is 1. The highest BCUT2D eigenvalue weighted by Gasteiger charge is 2.36. The van der Waals surface area contributed by atoms with Gasteiger partial charge in [0.15, 0.2) is 0 Å². The Hall–Kier alpha value is -1.26. The third-order valence-electron chi connectivity index (χ3n) is 4.25. The predicted octanol–water partition coefficient (Wildman–Crippen LogP) is 2.12. The monoisotopic (exact) mass is 295 g/mol. The summed E-state index contributed by atoms with van der Waals surface area (Å²) < 4.78 is 0. The smallest absolute Gasteiger partial charge is 0.315 e. The summed E-state index contributed by atoms with van der Waals surface area (Å²) in [5, 5.41) is 5.94. The lowest BCUT2D eigenvalue weighted by molar-refractivity contribution is -0.134. The van der Waals surface area contributed by atoms with E-state index in [9.17, 15) is 9.59 Å². The number of nitrogens with zero attached hydrogens (tertiary/aromatic N) is 1. The molecule has 2 fully saturated rings. The molecule has 1 saturated heterocycles. The molecule has 0 radical (unpaired) electrons. The first-order valence-corrected chi connectivity index (χ1v) is 8.14. The highest BCUT2D eigenvalue weighted by atomic mass is 16.2. The van der Waals surface area contributed by atoms with Crippen LogP contribution in [0.2, 0.25) is 0 Å². The van der Waals surface area contributed by atoms with Crippen LogP contribution in [0.15, 0.2) is 0 Å². The number of amides is 3. The molecule has 120 valence electrons. The Morgan fingerprint density at radius 2 is 1.86 bits per heavy atom. The Morgan fingerprint density at radius 3 is 2.43 bits per heavy atom. The van der Waals surface area contributed by atoms with E-state index < -0.39 is 0 Å². The number of hydrogen-bond acceptors (Lipinski definition) is 2. The van der Waals surface area contributed by atoms with Crippen LogP contribution < -0.4 is 10.6 Å². The number of hydrogen-bond donors (Lipinski definition) is 2. The summed E-state index contributed by atoms with van der Waals surface area (Å²) in [6.07, 6.45) is 4.23. The van der Waals surface area contributed by atoms with Crippen molar-refractivity contribution in [3.8, 4) is 0 Å². The van der Waals surface area contributed by atoms with Gasteiger partial charge in [0, 0.05) is 30.6 Å². The molecule has 0 aromatic rings. The van der Waals surface area contributed by atoms with Gasteiger partial charge in [0.2, 0.25) is 5.91 Å². The van der Waals surface area contributed by atoms with Crippen molar-refractivity contribution in [1.82, 2.24) is 15.5 Å². The fraction of sp³-hybridized carbons (Fsp3) is 0.875. The van der Waals surface area contributed by atoms with E-state index in [0.717, 1.165) is 38.8 Å². The third-order valence-corrected chi connectivity index (χ3v) is 4.25. The fourth-order valence-corrected chi connectivity index (χ4v) is 2.91. The maximum atomic E-state index is 12.2. The quantitative estimate of drug-likeness (QED) is 0.838. The van der Waals surface area contributed by atoms with Crippen molar-refractivity contribution in [3.63, 3.8) is 0 Å². The summed E-state index contributed by atoms with van der Waals surface area (Å²) in [6, 6.07) is -0.0391. The fourth-order valence-electron chi connectivity index (χ4n) is 2.91. The highest BCUT2D eigenvalue weighted by molar-refractivity contribution is 5.81. The lowest BCUT2D eigenvalue weighted by Gasteiger charge is -2.36. The third kappa shape index (κ3) is 4.90. The standard InChI is InChI=1S/C16H29N3O2/c1-11(17-15(21)18-16(2,3)4)13-6-5-9-19(10-13)14(20)12-7-8-12/h11-13H,5-10H2,1-4H3,(H2,17,18,21)/t11-,13-/m1/s1. The molecule has 2 N–H and O–H groups in total. The molecule has 2 rings (SSSR count). The zero-order valence-corrected chi connectivity index (χ0v) is 13.7. The number of nitrogens with one attached hydrogen (secondary N) is 2. The number of piperidine rings is 1. The van der Waals surface area contributed by atoms with Gasteiger partial charge in [-0.2, -0.15) is 0 Å². The van der Waals surface area contributed by atoms with Crippen LogP contribution in [0.1, 0.15) is 53.4 Å². The van der Waals surface area contributed by atoms with Gasteiger partial charge in [-0.25, -0.2) is 4.79 Å². The molecule has 0 spiro atoms. The average molecular weight is 295 g/mol. The van der Waals surface area contributed by atoms with Crippen molar-refractivity contribution in [3.05, 3.63) is 0 Å². The van der Waals surface area contributed by atoms with Crippen LogP contribution in [-0.2, 0) is 4.79 Å². The molecule has 2 atom stereocenters. The largest absolute Gasteiger partial charge is 0.342 e. The summed E-state index contributed by atoms with van der Waals surface area (Å²) in [7, 11) is 0. The molecule has 1 saturated carbocycles. The van der Waals surface area contributed by atoms with E-state index in [1.54, 1.807) is 0 Å². The molecule has 0 unspecified atom stereocenters. The van der Waals surface area contributed by atoms with Crippen LogP contribution in [0.4, 0.5) is 4.79 Å². The number of carbonyl (C=O) groups is 2. The molecule has 0 aromatic carbocycles. The van der Waals surface area contributed by atoms with Crippen molar-refractivity contribution in [2.24, 2.45) is 11.8 Å². The minimum absolute atomic E-state index is 0.0853. The van der Waals surface area contributed by atoms with Gasteiger partial charge in [0.1, 0.15) is 0 Å². The summed E-state index contributed by atoms with van der Waals surface area (Å²) in [5.74, 6) is 0.967. The van der Waals surface area contributed by atoms with E-state index in [4.69, 9.17) is 0 Å². The summed E-state index contributed by atoms with van der Waals surface area (Å²) in [4.78, 5) is 26.1. The van der Waals surface area contributed by atoms with Gasteiger partial charge >= 0.3 is 6.03 Å². The predicted molar refractivity (Wildman–Crippen MR) is 82.9 cm³/mol. The first kappa shape index (κ1) is 16.1. The second-order valence-corrected chi connectivity index (χ2v) is 7.60. The van der Waals surface area contributed by atoms with Crippen molar-refractivity contribution < 1.29 is 9.59 Å². The Balaban J connectivity index is 1.82. The van der Waals surface area contributed by atoms with Crippen molar-refractivity contribution in [1.29, 1.82) is 0 Å². The Labute approximate surface area is 127 Å². The van der Waals surface area contributed by atoms with E-state index in [-0.39, 0.29) is 23.5 Å². The second kappa shape index (κ2) is 6.24. The number of carbonyl (C=O) groups excluding carboxylic acids is 2. The van der Waals surface area contributed by atoms with Crippen LogP contribution in [0, 0.1) is 11.8 Å². The Morgan fingerprint density at radius 1 is 1.19 bits per heavy atom. The second-order valence-electron chi connectivity index (χ2n) is 7.60. The van der Waals surface area contributed by atoms with Crippen LogP contribution in [0.25, 0.3) is 0 Å². The van der Waals surface area contributed by atoms with E-state index in [2.05, 4.69) is 10.6 Å². The molecule has 21 heavy (non-hydrogen) atoms. The van der Waals surface area contributed by atoms with E-state index >= 15 is 0 Å². The van der Waals surface area contributed by atoms with E-state index in [0.29, 0.717) is 11.8 Å². The molecule has 1 aliphatic carbocycles. The van der Waals surface area contributed by atoms with Gasteiger partial charge in [-0.3, -0.25) is 4.79 Å². The summed E-state index contributed by atoms with van der Waals surface area (Å²) in [6.45, 7) is 9.60. The molecule has 2 aliphatic rings. The zero-order valence-electron chi connectivity index (χ0n) is 13.7. The molecular formula is C16H29N3O2. The van der Waals surface area contributed by atoms with Gasteiger partial charge in [-0.1, -0.05) is 0 Å². The van der Waals surface area contributed by atoms with E-state index in [1.165, 1.54) is 0 Å². The molecule has 1 heterocycles. The minimum Gasteiger partial charge on any atom is -0.342 e. The molecular weight excluding hydrogens is 266 g/mol. The number of rotatable bonds is 3. The molecule has 3 amide bonds. The zero-order chi connectivity index (χ0) is 15.6. The molecule has 1 aliphatic heterocycles. The Kier molecular flexibility index (Phi) is 4.79. The van der Waals surface area contributed by atoms with Crippen molar-refractivity contribution in [2.75, 3.05) is 13.1 Å². The molecule has 0 aromatic heterocycles. The minimum atomic E-state index is -0.232. The van der Waals surface area contributed by atoms with Gasteiger partial charge in [-0.15, -0.1) is 0 Å². The summed E-state index contributed by atoms with van der Waals surface area (Å²) in [5.41, 5.74) is -0.232. The van der Waals surface area contributed by atoms with Gasteiger partial charge < -0.3 is 15.5 Å². The SMILES string of the molecule is C[C@@H](NC(=O)NC(C)(C)C)[C@@H]1CCCN(C(=O)C2CC2)C1. The van der Waals surface area contributed by atoms with Crippen LogP contribution in [0.5, 0.6) is 0 Å². The molecule has 0 bridgehead atoms. The Bertz CT molecular complexity index is 399. The first-order chi connectivity index (χ1) is 9.76. The van der Waals surface area contributed by atoms with Crippen LogP contribution >= 0.6 is 0 Å². The summed E-state index contributed by atoms with van der Waals surface area (Å²) >= 11 is 0. The van der Waals surface area contributed by atoms with Gasteiger partial charge in [0.05, 0.1) is 0 Å². The molecule has 5 nitrogen and oxygen atoms in total. The van der Waals surface area contributed by atoms with E-state index in [1.807, 2.05) is 32.6 Å². The maximum Gasteiger partial charge on any atom is 0.315 e. The lowest BCUT2D eigenvalue weighted by atomic mass is 9.91. The van der Waals surface area contributed by atoms with Gasteiger partial charge in [0.25, 0.3) is 0 Å². The van der Waals surface area contributed by atoms with Crippen molar-refractivity contribution in [2.45, 2.75) is 65.0 Å². The van der Waals surface area contributed by atoms with Crippen LogP contribution in [0.3, 0.4) is 0 Å². The highest BCUT2D eigenvalue weighted by Crippen LogP contribution is 2.32. The van der Waals surface area contributed by atoms with Gasteiger partial charge in [-0.05, 0) is 59.3 Å².